The molecule has 29 heavy (non-hydrogen) atoms. The average molecular weight is 392 g/mol. The van der Waals surface area contributed by atoms with Gasteiger partial charge < -0.3 is 32.2 Å². The lowest BCUT2D eigenvalue weighted by Gasteiger charge is -2.12. The van der Waals surface area contributed by atoms with Crippen LogP contribution in [0.5, 0.6) is 11.5 Å². The molecular weight excluding hydrogens is 372 g/mol. The first-order chi connectivity index (χ1) is 13.9. The van der Waals surface area contributed by atoms with Gasteiger partial charge in [-0.2, -0.15) is 5.26 Å². The number of nitrogens with zero attached hydrogens (tertiary/aromatic N) is 1. The number of amides is 2. The van der Waals surface area contributed by atoms with Crippen LogP contribution in [-0.2, 0) is 9.59 Å². The number of carbonyl (C=O) groups is 2. The summed E-state index contributed by atoms with van der Waals surface area (Å²) in [7, 11) is 0. The molecule has 2 aromatic carbocycles. The van der Waals surface area contributed by atoms with Crippen LogP contribution in [0.25, 0.3) is 10.9 Å². The zero-order chi connectivity index (χ0) is 21.0. The molecule has 2 amide bonds. The van der Waals surface area contributed by atoms with Crippen molar-refractivity contribution in [3.8, 4) is 17.6 Å². The van der Waals surface area contributed by atoms with Crippen LogP contribution in [0.2, 0.25) is 0 Å². The van der Waals surface area contributed by atoms with E-state index in [4.69, 9.17) is 21.9 Å². The molecule has 0 fully saturated rings. The summed E-state index contributed by atoms with van der Waals surface area (Å²) < 4.78 is 5.81. The molecule has 148 valence electrons. The summed E-state index contributed by atoms with van der Waals surface area (Å²) in [5, 5.41) is 12.6. The minimum Gasteiger partial charge on any atom is -0.457 e. The molecule has 3 rings (SSSR count). The van der Waals surface area contributed by atoms with Gasteiger partial charge in [0.25, 0.3) is 0 Å². The van der Waals surface area contributed by atoms with Crippen LogP contribution in [-0.4, -0.2) is 22.8 Å². The van der Waals surface area contributed by atoms with Crippen LogP contribution < -0.4 is 27.3 Å². The molecule has 0 aliphatic carbocycles. The second kappa shape index (κ2) is 8.33. The number of rotatable bonds is 7. The van der Waals surface area contributed by atoms with Crippen molar-refractivity contribution in [1.82, 2.24) is 4.98 Å². The van der Waals surface area contributed by atoms with Crippen molar-refractivity contribution in [3.05, 3.63) is 48.0 Å². The fourth-order valence-electron chi connectivity index (χ4n) is 2.78. The summed E-state index contributed by atoms with van der Waals surface area (Å²) in [4.78, 5) is 25.8. The number of benzene rings is 2. The molecule has 1 aromatic heterocycles. The summed E-state index contributed by atoms with van der Waals surface area (Å²) >= 11 is 0. The molecule has 0 saturated carbocycles. The van der Waals surface area contributed by atoms with Gasteiger partial charge in [0, 0.05) is 23.0 Å². The van der Waals surface area contributed by atoms with Gasteiger partial charge in [0.1, 0.15) is 28.9 Å². The van der Waals surface area contributed by atoms with E-state index in [0.29, 0.717) is 34.0 Å². The van der Waals surface area contributed by atoms with Crippen LogP contribution in [0, 0.1) is 11.3 Å². The van der Waals surface area contributed by atoms with Crippen LogP contribution in [0.4, 0.5) is 11.5 Å². The lowest BCUT2D eigenvalue weighted by Crippen LogP contribution is -2.36. The molecule has 0 aliphatic heterocycles. The van der Waals surface area contributed by atoms with E-state index in [2.05, 4.69) is 16.4 Å². The van der Waals surface area contributed by atoms with E-state index in [1.165, 1.54) is 0 Å². The highest BCUT2D eigenvalue weighted by Gasteiger charge is 2.15. The minimum absolute atomic E-state index is 0.0476. The Kier molecular flexibility index (Phi) is 5.66. The highest BCUT2D eigenvalue weighted by molar-refractivity contribution is 5.95. The Hall–Kier alpha value is -4.03. The van der Waals surface area contributed by atoms with E-state index in [9.17, 15) is 14.9 Å². The van der Waals surface area contributed by atoms with Gasteiger partial charge >= 0.3 is 0 Å². The van der Waals surface area contributed by atoms with Crippen molar-refractivity contribution >= 4 is 34.2 Å². The number of nitrogens with two attached hydrogens (primary N) is 3. The predicted molar refractivity (Wildman–Crippen MR) is 109 cm³/mol. The van der Waals surface area contributed by atoms with E-state index in [0.717, 1.165) is 5.52 Å². The van der Waals surface area contributed by atoms with Gasteiger partial charge in [-0.05, 0) is 48.9 Å². The monoisotopic (exact) mass is 392 g/mol. The first-order valence-corrected chi connectivity index (χ1v) is 8.81. The molecule has 1 atom stereocenters. The van der Waals surface area contributed by atoms with Crippen LogP contribution in [0.15, 0.2) is 42.5 Å². The van der Waals surface area contributed by atoms with E-state index >= 15 is 0 Å². The smallest absolute Gasteiger partial charge is 0.241 e. The molecule has 1 heterocycles. The molecule has 9 nitrogen and oxygen atoms in total. The Bertz CT molecular complexity index is 1100. The van der Waals surface area contributed by atoms with E-state index in [-0.39, 0.29) is 12.8 Å². The second-order valence-corrected chi connectivity index (χ2v) is 6.46. The summed E-state index contributed by atoms with van der Waals surface area (Å²) in [6.45, 7) is 0. The van der Waals surface area contributed by atoms with Gasteiger partial charge in [-0.1, -0.05) is 0 Å². The topological polar surface area (TPSA) is 173 Å². The molecule has 0 spiro atoms. The van der Waals surface area contributed by atoms with E-state index in [1.807, 2.05) is 0 Å². The number of fused-ring (bicyclic) bond motifs is 1. The normalized spacial score (nSPS) is 11.6. The third-order valence-corrected chi connectivity index (χ3v) is 4.31. The quantitative estimate of drug-likeness (QED) is 0.411. The number of ether oxygens (including phenoxy) is 1. The van der Waals surface area contributed by atoms with Gasteiger partial charge in [-0.3, -0.25) is 9.59 Å². The fourth-order valence-corrected chi connectivity index (χ4v) is 2.78. The lowest BCUT2D eigenvalue weighted by atomic mass is 10.1. The Morgan fingerprint density at radius 1 is 1.17 bits per heavy atom. The van der Waals surface area contributed by atoms with Crippen LogP contribution in [0.3, 0.4) is 0 Å². The Labute approximate surface area is 166 Å². The zero-order valence-corrected chi connectivity index (χ0v) is 15.4. The van der Waals surface area contributed by atoms with E-state index < -0.39 is 17.9 Å². The van der Waals surface area contributed by atoms with E-state index in [1.54, 1.807) is 42.5 Å². The predicted octanol–water partition coefficient (Wildman–Crippen LogP) is 1.95. The zero-order valence-electron chi connectivity index (χ0n) is 15.4. The number of H-pyrrole nitrogens is 1. The van der Waals surface area contributed by atoms with Crippen molar-refractivity contribution in [2.24, 2.45) is 11.5 Å². The number of nitriles is 1. The molecule has 0 saturated heterocycles. The third-order valence-electron chi connectivity index (χ3n) is 4.31. The molecule has 9 heteroatoms. The number of aromatic amines is 1. The number of hydrogen-bond acceptors (Lipinski definition) is 6. The summed E-state index contributed by atoms with van der Waals surface area (Å²) in [5.41, 5.74) is 18.2. The number of aromatic nitrogens is 1. The number of anilines is 2. The number of carbonyl (C=O) groups excluding carboxylic acids is 2. The Morgan fingerprint density at radius 3 is 2.52 bits per heavy atom. The van der Waals surface area contributed by atoms with Crippen molar-refractivity contribution in [2.75, 3.05) is 11.1 Å². The van der Waals surface area contributed by atoms with Gasteiger partial charge in [0.15, 0.2) is 0 Å². The number of nitrogens with one attached hydrogen (secondary N) is 2. The van der Waals surface area contributed by atoms with Gasteiger partial charge in [-0.15, -0.1) is 0 Å². The van der Waals surface area contributed by atoms with Gasteiger partial charge in [0.2, 0.25) is 11.8 Å². The fraction of sp³-hybridized carbons (Fsp3) is 0.150. The molecular formula is C20H20N6O3. The summed E-state index contributed by atoms with van der Waals surface area (Å²) in [6, 6.07) is 13.2. The van der Waals surface area contributed by atoms with Crippen LogP contribution >= 0.6 is 0 Å². The number of primary amides is 1. The lowest BCUT2D eigenvalue weighted by molar-refractivity contribution is -0.119. The largest absolute Gasteiger partial charge is 0.457 e. The average Bonchev–Trinajstić information content (AvgIpc) is 3.01. The van der Waals surface area contributed by atoms with Crippen molar-refractivity contribution in [1.29, 1.82) is 5.26 Å². The first kappa shape index (κ1) is 19.7. The summed E-state index contributed by atoms with van der Waals surface area (Å²) in [6.07, 6.45) is 0.227. The van der Waals surface area contributed by atoms with Crippen molar-refractivity contribution < 1.29 is 14.3 Å². The second-order valence-electron chi connectivity index (χ2n) is 6.46. The highest BCUT2D eigenvalue weighted by Crippen LogP contribution is 2.30. The maximum absolute atomic E-state index is 12.0. The van der Waals surface area contributed by atoms with Gasteiger partial charge in [-0.25, -0.2) is 0 Å². The molecule has 0 radical (unpaired) electrons. The van der Waals surface area contributed by atoms with Gasteiger partial charge in [0.05, 0.1) is 6.04 Å². The molecule has 8 N–H and O–H groups in total. The Balaban J connectivity index is 1.66. The van der Waals surface area contributed by atoms with Crippen LogP contribution in [0.1, 0.15) is 18.4 Å². The maximum Gasteiger partial charge on any atom is 0.241 e. The minimum atomic E-state index is -0.826. The molecule has 0 bridgehead atoms. The maximum atomic E-state index is 12.0. The Morgan fingerprint density at radius 2 is 1.86 bits per heavy atom. The molecule has 0 aliphatic rings. The molecule has 1 unspecified atom stereocenters. The SMILES string of the molecule is N#Cc1c(N)[nH]c2ccc(Oc3ccc(NC(=O)C(N)CCC(N)=O)cc3)cc12. The van der Waals surface area contributed by atoms with Crippen molar-refractivity contribution in [3.63, 3.8) is 0 Å². The standard InChI is InChI=1S/C20H20N6O3/c21-10-15-14-9-13(5-7-17(14)26-19(15)24)29-12-3-1-11(2-4-12)25-20(28)16(22)6-8-18(23)27/h1-5,7,9,16,26H,6,8,22,24H2,(H2,23,27)(H,25,28). The third kappa shape index (κ3) is 4.63. The highest BCUT2D eigenvalue weighted by atomic mass is 16.5. The van der Waals surface area contributed by atoms with Crippen molar-refractivity contribution in [2.45, 2.75) is 18.9 Å². The number of hydrogen-bond donors (Lipinski definition) is 5. The molecule has 3 aromatic rings. The first-order valence-electron chi connectivity index (χ1n) is 8.81. The number of nitrogen functional groups attached to an aromatic ring is 1. The summed E-state index contributed by atoms with van der Waals surface area (Å²) in [5.74, 6) is 0.492.